The first kappa shape index (κ1) is 34.8. The van der Waals surface area contributed by atoms with E-state index in [4.69, 9.17) is 14.2 Å². The van der Waals surface area contributed by atoms with Gasteiger partial charge in [-0.2, -0.15) is 0 Å². The Hall–Kier alpha value is -3.54. The number of hydrogen-bond acceptors (Lipinski definition) is 8. The molecule has 256 valence electrons. The number of hydrogen-bond donors (Lipinski definition) is 0. The number of rotatable bonds is 7. The molecule has 2 aromatic carbocycles. The topological polar surface area (TPSA) is 91.9 Å². The molecule has 0 radical (unpaired) electrons. The number of anilines is 1. The lowest BCUT2D eigenvalue weighted by Crippen LogP contribution is -2.64. The van der Waals surface area contributed by atoms with Crippen LogP contribution in [0.25, 0.3) is 0 Å². The molecule has 2 saturated heterocycles. The maximum Gasteiger partial charge on any atom is 0.410 e. The summed E-state index contributed by atoms with van der Waals surface area (Å²) >= 11 is 0. The van der Waals surface area contributed by atoms with Gasteiger partial charge in [-0.25, -0.2) is 9.18 Å². The van der Waals surface area contributed by atoms with Crippen molar-refractivity contribution in [2.24, 2.45) is 0 Å². The number of fused-ring (bicyclic) bond motifs is 1. The van der Waals surface area contributed by atoms with Gasteiger partial charge in [-0.3, -0.25) is 19.4 Å². The molecule has 2 amide bonds. The molecule has 0 spiro atoms. The van der Waals surface area contributed by atoms with E-state index in [2.05, 4.69) is 16.7 Å². The van der Waals surface area contributed by atoms with Gasteiger partial charge in [0.25, 0.3) is 0 Å². The molecule has 0 saturated carbocycles. The number of esters is 1. The smallest absolute Gasteiger partial charge is 0.410 e. The predicted molar refractivity (Wildman–Crippen MR) is 177 cm³/mol. The average molecular weight is 653 g/mol. The largest absolute Gasteiger partial charge is 0.468 e. The van der Waals surface area contributed by atoms with Gasteiger partial charge in [0.1, 0.15) is 16.8 Å². The molecule has 11 heteroatoms. The van der Waals surface area contributed by atoms with Gasteiger partial charge in [-0.1, -0.05) is 24.3 Å². The number of carbonyl (C=O) groups excluding carboxylic acids is 3. The highest BCUT2D eigenvalue weighted by Crippen LogP contribution is 2.42. The van der Waals surface area contributed by atoms with Gasteiger partial charge < -0.3 is 24.0 Å². The number of ether oxygens (including phenoxy) is 3. The van der Waals surface area contributed by atoms with Gasteiger partial charge in [0.2, 0.25) is 5.91 Å². The third kappa shape index (κ3) is 7.79. The van der Waals surface area contributed by atoms with E-state index in [1.165, 1.54) is 19.2 Å². The number of nitrogens with zero attached hydrogens (tertiary/aromatic N) is 4. The van der Waals surface area contributed by atoms with Crippen LogP contribution in [-0.4, -0.2) is 116 Å². The van der Waals surface area contributed by atoms with Gasteiger partial charge >= 0.3 is 12.1 Å². The first-order valence-electron chi connectivity index (χ1n) is 16.5. The second kappa shape index (κ2) is 13.9. The Bertz CT molecular complexity index is 1460. The van der Waals surface area contributed by atoms with Gasteiger partial charge in [0.05, 0.1) is 26.9 Å². The van der Waals surface area contributed by atoms with Crippen LogP contribution in [0, 0.1) is 5.82 Å². The van der Waals surface area contributed by atoms with E-state index >= 15 is 0 Å². The second-order valence-electron chi connectivity index (χ2n) is 14.4. The summed E-state index contributed by atoms with van der Waals surface area (Å²) in [5, 5.41) is 0. The Balaban J connectivity index is 1.41. The number of amides is 2. The number of carbonyl (C=O) groups is 3. The number of methoxy groups -OCH3 is 1. The predicted octanol–water partition coefficient (Wildman–Crippen LogP) is 4.22. The third-order valence-electron chi connectivity index (χ3n) is 9.55. The summed E-state index contributed by atoms with van der Waals surface area (Å²) in [5.74, 6) is -0.828. The molecular weight excluding hydrogens is 603 g/mol. The van der Waals surface area contributed by atoms with Crippen molar-refractivity contribution in [3.05, 3.63) is 65.0 Å². The van der Waals surface area contributed by atoms with Crippen LogP contribution in [0.3, 0.4) is 0 Å². The standard InChI is InChI=1S/C36H49FN4O6/c1-24-18-39(29(19-38-14-15-46-22-25(38)2)20-40(24)34(44)47-35(3,4)5)21-32(42)41-23-36(6,33(43)45-7)30-13-10-27(17-31(30)41)16-26-8-11-28(37)12-9-26/h8-13,17,24-25,29H,14-16,18-23H2,1-7H3/t24-,25-,29+,36?/m1/s1. The molecule has 1 unspecified atom stereocenters. The molecule has 4 atom stereocenters. The molecular formula is C36H49FN4O6. The molecule has 0 bridgehead atoms. The minimum absolute atomic E-state index is 0.120. The maximum absolute atomic E-state index is 14.3. The molecule has 5 rings (SSSR count). The summed E-state index contributed by atoms with van der Waals surface area (Å²) in [4.78, 5) is 48.8. The van der Waals surface area contributed by atoms with Crippen LogP contribution >= 0.6 is 0 Å². The molecule has 10 nitrogen and oxygen atoms in total. The monoisotopic (exact) mass is 652 g/mol. The zero-order chi connectivity index (χ0) is 34.1. The summed E-state index contributed by atoms with van der Waals surface area (Å²) in [5.41, 5.74) is 1.66. The van der Waals surface area contributed by atoms with Gasteiger partial charge in [0, 0.05) is 56.5 Å². The molecule has 3 aliphatic heterocycles. The Morgan fingerprint density at radius 1 is 1.00 bits per heavy atom. The lowest BCUT2D eigenvalue weighted by molar-refractivity contribution is -0.146. The van der Waals surface area contributed by atoms with Crippen LogP contribution in [0.15, 0.2) is 42.5 Å². The number of morpholine rings is 1. The fourth-order valence-electron chi connectivity index (χ4n) is 6.94. The van der Waals surface area contributed by atoms with Crippen molar-refractivity contribution < 1.29 is 33.0 Å². The summed E-state index contributed by atoms with van der Waals surface area (Å²) in [6.07, 6.45) is 0.195. The fraction of sp³-hybridized carbons (Fsp3) is 0.583. The summed E-state index contributed by atoms with van der Waals surface area (Å²) in [7, 11) is 1.36. The average Bonchev–Trinajstić information content (AvgIpc) is 3.32. The van der Waals surface area contributed by atoms with Gasteiger partial charge in [0.15, 0.2) is 0 Å². The molecule has 0 N–H and O–H groups in total. The lowest BCUT2D eigenvalue weighted by atomic mass is 9.84. The van der Waals surface area contributed by atoms with Crippen molar-refractivity contribution in [1.82, 2.24) is 14.7 Å². The quantitative estimate of drug-likeness (QED) is 0.411. The molecule has 3 aliphatic rings. The Morgan fingerprint density at radius 3 is 2.36 bits per heavy atom. The second-order valence-corrected chi connectivity index (χ2v) is 14.4. The van der Waals surface area contributed by atoms with Crippen LogP contribution in [0.5, 0.6) is 0 Å². The van der Waals surface area contributed by atoms with E-state index in [0.29, 0.717) is 45.0 Å². The lowest BCUT2D eigenvalue weighted by Gasteiger charge is -2.47. The molecule has 2 fully saturated rings. The normalized spacial score (nSPS) is 25.4. The van der Waals surface area contributed by atoms with Crippen LogP contribution in [0.4, 0.5) is 14.9 Å². The van der Waals surface area contributed by atoms with E-state index in [9.17, 15) is 18.8 Å². The summed E-state index contributed by atoms with van der Waals surface area (Å²) in [6, 6.07) is 12.1. The Labute approximate surface area is 277 Å². The minimum atomic E-state index is -1.03. The summed E-state index contributed by atoms with van der Waals surface area (Å²) in [6.45, 7) is 15.4. The van der Waals surface area contributed by atoms with Crippen molar-refractivity contribution in [3.63, 3.8) is 0 Å². The summed E-state index contributed by atoms with van der Waals surface area (Å²) < 4.78 is 30.2. The van der Waals surface area contributed by atoms with Crippen LogP contribution in [0.2, 0.25) is 0 Å². The van der Waals surface area contributed by atoms with Crippen LogP contribution in [-0.2, 0) is 35.6 Å². The van der Waals surface area contributed by atoms with Crippen molar-refractivity contribution in [3.8, 4) is 0 Å². The van der Waals surface area contributed by atoms with E-state index in [1.54, 1.807) is 21.9 Å². The molecule has 0 aromatic heterocycles. The van der Waals surface area contributed by atoms with E-state index in [-0.39, 0.29) is 49.0 Å². The zero-order valence-corrected chi connectivity index (χ0v) is 28.8. The van der Waals surface area contributed by atoms with Gasteiger partial charge in [-0.05, 0) is 82.9 Å². The fourth-order valence-corrected chi connectivity index (χ4v) is 6.94. The van der Waals surface area contributed by atoms with Crippen molar-refractivity contribution >= 4 is 23.7 Å². The minimum Gasteiger partial charge on any atom is -0.468 e. The highest BCUT2D eigenvalue weighted by Gasteiger charge is 2.48. The van der Waals surface area contributed by atoms with Crippen molar-refractivity contribution in [2.45, 2.75) is 77.1 Å². The van der Waals surface area contributed by atoms with E-state index in [0.717, 1.165) is 23.2 Å². The molecule has 3 heterocycles. The molecule has 0 aliphatic carbocycles. The highest BCUT2D eigenvalue weighted by molar-refractivity contribution is 6.02. The Morgan fingerprint density at radius 2 is 1.70 bits per heavy atom. The maximum atomic E-state index is 14.3. The van der Waals surface area contributed by atoms with E-state index < -0.39 is 17.0 Å². The van der Waals surface area contributed by atoms with Crippen molar-refractivity contribution in [2.75, 3.05) is 64.5 Å². The Kier molecular flexibility index (Phi) is 10.3. The highest BCUT2D eigenvalue weighted by atomic mass is 19.1. The first-order valence-corrected chi connectivity index (χ1v) is 16.5. The molecule has 2 aromatic rings. The van der Waals surface area contributed by atoms with Crippen molar-refractivity contribution in [1.29, 1.82) is 0 Å². The van der Waals surface area contributed by atoms with Crippen LogP contribution < -0.4 is 4.90 Å². The van der Waals surface area contributed by atoms with Crippen LogP contribution in [0.1, 0.15) is 58.2 Å². The SMILES string of the molecule is COC(=O)C1(C)CN(C(=O)CN2C[C@@H](C)N(C(=O)OC(C)(C)C)C[C@@H]2CN2CCOC[C@H]2C)c2cc(Cc3ccc(F)cc3)ccc21. The number of halogens is 1. The molecule has 47 heavy (non-hydrogen) atoms. The van der Waals surface area contributed by atoms with E-state index in [1.807, 2.05) is 52.8 Å². The first-order chi connectivity index (χ1) is 22.2. The number of benzene rings is 2. The van der Waals surface area contributed by atoms with Gasteiger partial charge in [-0.15, -0.1) is 0 Å². The third-order valence-corrected chi connectivity index (χ3v) is 9.55. The zero-order valence-electron chi connectivity index (χ0n) is 28.8. The number of piperazine rings is 1.